The van der Waals surface area contributed by atoms with Crippen molar-refractivity contribution >= 4 is 17.7 Å². The molecule has 0 bridgehead atoms. The van der Waals surface area contributed by atoms with Crippen molar-refractivity contribution in [3.63, 3.8) is 0 Å². The number of methoxy groups -OCH3 is 2. The zero-order valence-electron chi connectivity index (χ0n) is 19.3. The Morgan fingerprint density at radius 2 is 1.79 bits per heavy atom. The minimum Gasteiger partial charge on any atom is -0.497 e. The van der Waals surface area contributed by atoms with E-state index in [4.69, 9.17) is 9.47 Å². The molecule has 0 aliphatic carbocycles. The highest BCUT2D eigenvalue weighted by atomic mass is 16.5. The van der Waals surface area contributed by atoms with Gasteiger partial charge in [0.05, 0.1) is 25.8 Å². The summed E-state index contributed by atoms with van der Waals surface area (Å²) in [6.07, 6.45) is 0. The number of urea groups is 1. The van der Waals surface area contributed by atoms with E-state index in [-0.39, 0.29) is 6.03 Å². The fourth-order valence-corrected chi connectivity index (χ4v) is 4.31. The molecule has 4 rings (SSSR count). The van der Waals surface area contributed by atoms with E-state index in [1.807, 2.05) is 24.3 Å². The fourth-order valence-electron chi connectivity index (χ4n) is 4.31. The van der Waals surface area contributed by atoms with E-state index >= 15 is 0 Å². The van der Waals surface area contributed by atoms with Crippen LogP contribution in [-0.4, -0.2) is 63.8 Å². The molecule has 2 aromatic carbocycles. The lowest BCUT2D eigenvalue weighted by molar-refractivity contribution is -0.136. The molecule has 1 unspecified atom stereocenters. The van der Waals surface area contributed by atoms with Gasteiger partial charge in [-0.2, -0.15) is 0 Å². The van der Waals surface area contributed by atoms with Crippen LogP contribution in [0.1, 0.15) is 17.2 Å². The zero-order valence-corrected chi connectivity index (χ0v) is 19.3. The molecule has 2 aliphatic rings. The summed E-state index contributed by atoms with van der Waals surface area (Å²) in [6, 6.07) is 14.9. The van der Waals surface area contributed by atoms with Crippen LogP contribution in [0.15, 0.2) is 59.8 Å². The van der Waals surface area contributed by atoms with E-state index in [1.54, 1.807) is 7.11 Å². The highest BCUT2D eigenvalue weighted by Crippen LogP contribution is 2.30. The van der Waals surface area contributed by atoms with E-state index in [1.165, 1.54) is 18.4 Å². The number of hydrogen-bond acceptors (Lipinski definition) is 6. The second-order valence-electron chi connectivity index (χ2n) is 8.29. The number of amides is 2. The molecule has 2 amide bonds. The van der Waals surface area contributed by atoms with E-state index < -0.39 is 12.0 Å². The Morgan fingerprint density at radius 1 is 1.06 bits per heavy atom. The van der Waals surface area contributed by atoms with Gasteiger partial charge in [-0.1, -0.05) is 29.8 Å². The maximum Gasteiger partial charge on any atom is 0.338 e. The van der Waals surface area contributed by atoms with Gasteiger partial charge >= 0.3 is 12.0 Å². The quantitative estimate of drug-likeness (QED) is 0.659. The van der Waals surface area contributed by atoms with Gasteiger partial charge < -0.3 is 25.0 Å². The zero-order chi connectivity index (χ0) is 23.4. The molecule has 2 aliphatic heterocycles. The van der Waals surface area contributed by atoms with Crippen molar-refractivity contribution in [3.05, 3.63) is 70.9 Å². The summed E-state index contributed by atoms with van der Waals surface area (Å²) in [7, 11) is 2.94. The Kier molecular flexibility index (Phi) is 6.84. The van der Waals surface area contributed by atoms with Crippen molar-refractivity contribution in [2.75, 3.05) is 51.8 Å². The molecule has 2 N–H and O–H groups in total. The van der Waals surface area contributed by atoms with Crippen LogP contribution >= 0.6 is 0 Å². The van der Waals surface area contributed by atoms with E-state index in [2.05, 4.69) is 51.6 Å². The lowest BCUT2D eigenvalue weighted by Gasteiger charge is -2.38. The van der Waals surface area contributed by atoms with Gasteiger partial charge in [-0.05, 0) is 36.8 Å². The lowest BCUT2D eigenvalue weighted by atomic mass is 9.94. The third-order valence-electron chi connectivity index (χ3n) is 6.14. The highest BCUT2D eigenvalue weighted by Gasteiger charge is 2.34. The number of carbonyl (C=O) groups is 2. The van der Waals surface area contributed by atoms with Gasteiger partial charge in [0.1, 0.15) is 5.75 Å². The third kappa shape index (κ3) is 5.12. The normalized spacial score (nSPS) is 19.1. The van der Waals surface area contributed by atoms with E-state index in [0.717, 1.165) is 31.7 Å². The molecule has 0 spiro atoms. The van der Waals surface area contributed by atoms with Crippen molar-refractivity contribution in [3.8, 4) is 5.75 Å². The minimum absolute atomic E-state index is 0.344. The number of anilines is 1. The number of rotatable bonds is 6. The summed E-state index contributed by atoms with van der Waals surface area (Å²) in [5, 5.41) is 5.71. The molecule has 0 radical (unpaired) electrons. The SMILES string of the molecule is COC(=O)C1=C(CN2CCN(c3ccc(C)cc3)CC2)NC(=O)NC1c1cccc(OC)c1. The first-order valence-corrected chi connectivity index (χ1v) is 11.1. The first kappa shape index (κ1) is 22.7. The number of ether oxygens (including phenoxy) is 2. The Bertz CT molecular complexity index is 1040. The molecule has 1 saturated heterocycles. The largest absolute Gasteiger partial charge is 0.497 e. The van der Waals surface area contributed by atoms with Crippen LogP contribution < -0.4 is 20.3 Å². The Balaban J connectivity index is 1.54. The summed E-state index contributed by atoms with van der Waals surface area (Å²) in [5.41, 5.74) is 4.19. The number of nitrogens with one attached hydrogen (secondary N) is 2. The van der Waals surface area contributed by atoms with Crippen LogP contribution in [0.2, 0.25) is 0 Å². The standard InChI is InChI=1S/C25H30N4O4/c1-17-7-9-19(10-8-17)29-13-11-28(12-14-29)16-21-22(24(30)33-3)23(27-25(31)26-21)18-5-4-6-20(15-18)32-2/h4-10,15,23H,11-14,16H2,1-3H3,(H2,26,27,31). The third-order valence-corrected chi connectivity index (χ3v) is 6.14. The summed E-state index contributed by atoms with van der Waals surface area (Å²) in [5.74, 6) is 0.182. The van der Waals surface area contributed by atoms with Crippen molar-refractivity contribution in [2.24, 2.45) is 0 Å². The molecule has 2 heterocycles. The maximum atomic E-state index is 12.8. The highest BCUT2D eigenvalue weighted by molar-refractivity contribution is 5.95. The monoisotopic (exact) mass is 450 g/mol. The molecular formula is C25H30N4O4. The van der Waals surface area contributed by atoms with Gasteiger partial charge in [-0.25, -0.2) is 9.59 Å². The van der Waals surface area contributed by atoms with Gasteiger partial charge in [0.15, 0.2) is 0 Å². The van der Waals surface area contributed by atoms with Gasteiger partial charge in [-0.15, -0.1) is 0 Å². The van der Waals surface area contributed by atoms with Crippen molar-refractivity contribution in [2.45, 2.75) is 13.0 Å². The lowest BCUT2D eigenvalue weighted by Crippen LogP contribution is -2.51. The number of esters is 1. The number of benzene rings is 2. The van der Waals surface area contributed by atoms with Crippen molar-refractivity contribution in [1.82, 2.24) is 15.5 Å². The number of piperazine rings is 1. The van der Waals surface area contributed by atoms with E-state index in [9.17, 15) is 9.59 Å². The van der Waals surface area contributed by atoms with Crippen LogP contribution in [0.25, 0.3) is 0 Å². The van der Waals surface area contributed by atoms with Crippen molar-refractivity contribution in [1.29, 1.82) is 0 Å². The predicted molar refractivity (Wildman–Crippen MR) is 126 cm³/mol. The van der Waals surface area contributed by atoms with Gasteiger partial charge in [-0.3, -0.25) is 4.90 Å². The molecule has 0 saturated carbocycles. The average molecular weight is 451 g/mol. The van der Waals surface area contributed by atoms with Crippen LogP contribution in [0.4, 0.5) is 10.5 Å². The first-order chi connectivity index (χ1) is 16.0. The second kappa shape index (κ2) is 9.95. The minimum atomic E-state index is -0.620. The van der Waals surface area contributed by atoms with Gasteiger partial charge in [0.25, 0.3) is 0 Å². The predicted octanol–water partition coefficient (Wildman–Crippen LogP) is 2.61. The summed E-state index contributed by atoms with van der Waals surface area (Å²) < 4.78 is 10.4. The Labute approximate surface area is 194 Å². The Morgan fingerprint density at radius 3 is 2.45 bits per heavy atom. The van der Waals surface area contributed by atoms with Crippen LogP contribution in [0.3, 0.4) is 0 Å². The molecule has 1 atom stereocenters. The second-order valence-corrected chi connectivity index (χ2v) is 8.29. The molecule has 0 aromatic heterocycles. The summed E-state index contributed by atoms with van der Waals surface area (Å²) in [6.45, 7) is 5.92. The smallest absolute Gasteiger partial charge is 0.338 e. The number of nitrogens with zero attached hydrogens (tertiary/aromatic N) is 2. The molecule has 33 heavy (non-hydrogen) atoms. The summed E-state index contributed by atoms with van der Waals surface area (Å²) >= 11 is 0. The molecule has 8 heteroatoms. The molecule has 8 nitrogen and oxygen atoms in total. The number of carbonyl (C=O) groups excluding carboxylic acids is 2. The molecular weight excluding hydrogens is 420 g/mol. The topological polar surface area (TPSA) is 83.1 Å². The van der Waals surface area contributed by atoms with Gasteiger partial charge in [0.2, 0.25) is 0 Å². The Hall–Kier alpha value is -3.52. The van der Waals surface area contributed by atoms with Gasteiger partial charge in [0, 0.05) is 44.1 Å². The first-order valence-electron chi connectivity index (χ1n) is 11.1. The van der Waals surface area contributed by atoms with E-state index in [0.29, 0.717) is 23.6 Å². The summed E-state index contributed by atoms with van der Waals surface area (Å²) in [4.78, 5) is 29.9. The number of hydrogen-bond donors (Lipinski definition) is 2. The molecule has 1 fully saturated rings. The van der Waals surface area contributed by atoms with Crippen molar-refractivity contribution < 1.29 is 19.1 Å². The molecule has 2 aromatic rings. The maximum absolute atomic E-state index is 12.8. The van der Waals surface area contributed by atoms with Crippen LogP contribution in [0, 0.1) is 6.92 Å². The van der Waals surface area contributed by atoms with Crippen LogP contribution in [-0.2, 0) is 9.53 Å². The van der Waals surface area contributed by atoms with Crippen LogP contribution in [0.5, 0.6) is 5.75 Å². The number of aryl methyl sites for hydroxylation is 1. The average Bonchev–Trinajstić information content (AvgIpc) is 2.84. The fraction of sp³-hybridized carbons (Fsp3) is 0.360. The molecule has 174 valence electrons.